The summed E-state index contributed by atoms with van der Waals surface area (Å²) in [5, 5.41) is 3.57. The maximum atomic E-state index is 12.3. The number of amides is 1. The smallest absolute Gasteiger partial charge is 0.267 e. The van der Waals surface area contributed by atoms with Crippen LogP contribution in [-0.4, -0.2) is 47.9 Å². The fourth-order valence-electron chi connectivity index (χ4n) is 1.61. The molecule has 5 nitrogen and oxygen atoms in total. The Bertz CT molecular complexity index is 408. The molecule has 102 valence electrons. The predicted molar refractivity (Wildman–Crippen MR) is 80.6 cm³/mol. The number of nitrogen functional groups attached to an aromatic ring is 1. The molecule has 0 aliphatic heterocycles. The van der Waals surface area contributed by atoms with E-state index in [1.165, 1.54) is 11.3 Å². The Morgan fingerprint density at radius 3 is 2.78 bits per heavy atom. The Morgan fingerprint density at radius 1 is 1.67 bits per heavy atom. The largest absolute Gasteiger partial charge is 0.382 e. The lowest BCUT2D eigenvalue weighted by molar-refractivity contribution is 0.0749. The van der Waals surface area contributed by atoms with E-state index >= 15 is 0 Å². The highest BCUT2D eigenvalue weighted by molar-refractivity contribution is 7.98. The Hall–Kier alpha value is -0.950. The number of anilines is 2. The number of nitrogens with one attached hydrogen (secondary N) is 1. The van der Waals surface area contributed by atoms with Gasteiger partial charge in [-0.1, -0.05) is 18.3 Å². The summed E-state index contributed by atoms with van der Waals surface area (Å²) in [5.41, 5.74) is 5.78. The minimum atomic E-state index is -0.0487. The van der Waals surface area contributed by atoms with Gasteiger partial charge >= 0.3 is 0 Å². The van der Waals surface area contributed by atoms with Crippen molar-refractivity contribution in [1.82, 2.24) is 9.88 Å². The molecule has 0 aliphatic rings. The molecular formula is C11H20N4OS2. The van der Waals surface area contributed by atoms with Gasteiger partial charge in [-0.05, 0) is 12.7 Å². The Kier molecular flexibility index (Phi) is 5.74. The third kappa shape index (κ3) is 3.29. The van der Waals surface area contributed by atoms with Gasteiger partial charge in [-0.3, -0.25) is 4.79 Å². The molecule has 0 fully saturated rings. The summed E-state index contributed by atoms with van der Waals surface area (Å²) in [6.07, 6.45) is 2.97. The van der Waals surface area contributed by atoms with Crippen LogP contribution in [0.5, 0.6) is 0 Å². The highest BCUT2D eigenvalue weighted by Crippen LogP contribution is 2.26. The van der Waals surface area contributed by atoms with Crippen LogP contribution in [0.3, 0.4) is 0 Å². The first-order valence-electron chi connectivity index (χ1n) is 5.75. The van der Waals surface area contributed by atoms with Gasteiger partial charge in [0.25, 0.3) is 5.91 Å². The molecule has 1 heterocycles. The van der Waals surface area contributed by atoms with Gasteiger partial charge in [0.15, 0.2) is 5.13 Å². The first kappa shape index (κ1) is 15.1. The fourth-order valence-corrected chi connectivity index (χ4v) is 3.28. The second-order valence-corrected chi connectivity index (χ2v) is 5.83. The molecule has 7 heteroatoms. The molecule has 0 aliphatic carbocycles. The molecular weight excluding hydrogens is 268 g/mol. The van der Waals surface area contributed by atoms with Crippen LogP contribution >= 0.6 is 23.1 Å². The van der Waals surface area contributed by atoms with E-state index in [4.69, 9.17) is 5.73 Å². The third-order valence-corrected chi connectivity index (χ3v) is 4.55. The van der Waals surface area contributed by atoms with Crippen molar-refractivity contribution < 1.29 is 4.79 Å². The molecule has 0 saturated carbocycles. The van der Waals surface area contributed by atoms with Gasteiger partial charge in [0.05, 0.1) is 0 Å². The van der Waals surface area contributed by atoms with Crippen molar-refractivity contribution in [2.24, 2.45) is 0 Å². The first-order chi connectivity index (χ1) is 8.54. The molecule has 1 aromatic rings. The monoisotopic (exact) mass is 288 g/mol. The topological polar surface area (TPSA) is 71.2 Å². The van der Waals surface area contributed by atoms with Crippen molar-refractivity contribution >= 4 is 40.0 Å². The van der Waals surface area contributed by atoms with Gasteiger partial charge in [0.2, 0.25) is 0 Å². The van der Waals surface area contributed by atoms with E-state index in [2.05, 4.69) is 17.2 Å². The Balaban J connectivity index is 2.87. The second kappa shape index (κ2) is 6.84. The van der Waals surface area contributed by atoms with E-state index in [1.54, 1.807) is 23.7 Å². The molecule has 1 aromatic heterocycles. The summed E-state index contributed by atoms with van der Waals surface area (Å²) in [7, 11) is 3.59. The summed E-state index contributed by atoms with van der Waals surface area (Å²) in [5.74, 6) is 1.18. The van der Waals surface area contributed by atoms with E-state index in [1.807, 2.05) is 13.3 Å². The predicted octanol–water partition coefficient (Wildman–Crippen LogP) is 1.98. The zero-order valence-corrected chi connectivity index (χ0v) is 12.8. The van der Waals surface area contributed by atoms with Crippen molar-refractivity contribution in [3.63, 3.8) is 0 Å². The van der Waals surface area contributed by atoms with Crippen LogP contribution in [0.2, 0.25) is 0 Å². The zero-order valence-electron chi connectivity index (χ0n) is 11.2. The number of thioether (sulfide) groups is 1. The molecule has 0 aromatic carbocycles. The Labute approximate surface area is 116 Å². The first-order valence-corrected chi connectivity index (χ1v) is 7.96. The minimum Gasteiger partial charge on any atom is -0.382 e. The number of hydrogen-bond acceptors (Lipinski definition) is 6. The number of nitrogens with two attached hydrogens (primary N) is 1. The molecule has 0 spiro atoms. The Morgan fingerprint density at radius 2 is 2.33 bits per heavy atom. The van der Waals surface area contributed by atoms with Crippen LogP contribution < -0.4 is 11.1 Å². The van der Waals surface area contributed by atoms with Crippen molar-refractivity contribution in [1.29, 1.82) is 0 Å². The van der Waals surface area contributed by atoms with E-state index in [9.17, 15) is 4.79 Å². The normalized spacial score (nSPS) is 12.2. The second-order valence-electron chi connectivity index (χ2n) is 3.92. The van der Waals surface area contributed by atoms with Gasteiger partial charge in [-0.15, -0.1) is 0 Å². The molecule has 0 radical (unpaired) electrons. The molecule has 1 atom stereocenters. The molecule has 1 amide bonds. The average Bonchev–Trinajstić information content (AvgIpc) is 2.75. The van der Waals surface area contributed by atoms with Crippen molar-refractivity contribution in [3.8, 4) is 0 Å². The number of nitrogens with zero attached hydrogens (tertiary/aromatic N) is 2. The zero-order chi connectivity index (χ0) is 13.7. The quantitative estimate of drug-likeness (QED) is 0.837. The summed E-state index contributed by atoms with van der Waals surface area (Å²) >= 11 is 3.04. The summed E-state index contributed by atoms with van der Waals surface area (Å²) < 4.78 is 0. The molecule has 0 saturated heterocycles. The summed E-state index contributed by atoms with van der Waals surface area (Å²) in [6, 6.07) is 0.229. The highest BCUT2D eigenvalue weighted by Gasteiger charge is 2.24. The van der Waals surface area contributed by atoms with E-state index < -0.39 is 0 Å². The molecule has 3 N–H and O–H groups in total. The lowest BCUT2D eigenvalue weighted by atomic mass is 10.2. The maximum Gasteiger partial charge on any atom is 0.267 e. The van der Waals surface area contributed by atoms with Crippen LogP contribution in [0.15, 0.2) is 0 Å². The minimum absolute atomic E-state index is 0.0487. The fraction of sp³-hybridized carbons (Fsp3) is 0.636. The molecule has 1 rings (SSSR count). The SMILES string of the molecule is CCC(CSC)N(C)C(=O)c1sc(NC)nc1N. The van der Waals surface area contributed by atoms with Gasteiger partial charge in [0.1, 0.15) is 10.7 Å². The van der Waals surface area contributed by atoms with Gasteiger partial charge in [0, 0.05) is 25.9 Å². The van der Waals surface area contributed by atoms with Crippen molar-refractivity contribution in [2.45, 2.75) is 19.4 Å². The van der Waals surface area contributed by atoms with Crippen LogP contribution in [0.25, 0.3) is 0 Å². The van der Waals surface area contributed by atoms with E-state index in [0.717, 1.165) is 12.2 Å². The lowest BCUT2D eigenvalue weighted by Gasteiger charge is -2.26. The number of thiazole rings is 1. The third-order valence-electron chi connectivity index (χ3n) is 2.76. The lowest BCUT2D eigenvalue weighted by Crippen LogP contribution is -2.38. The van der Waals surface area contributed by atoms with Crippen LogP contribution in [0, 0.1) is 0 Å². The van der Waals surface area contributed by atoms with Crippen molar-refractivity contribution in [3.05, 3.63) is 4.88 Å². The number of carbonyl (C=O) groups excluding carboxylic acids is 1. The van der Waals surface area contributed by atoms with Crippen LogP contribution in [0.4, 0.5) is 10.9 Å². The number of rotatable bonds is 6. The summed E-state index contributed by atoms with van der Waals surface area (Å²) in [4.78, 5) is 18.7. The number of carbonyl (C=O) groups is 1. The number of aromatic nitrogens is 1. The van der Waals surface area contributed by atoms with E-state index in [-0.39, 0.29) is 11.9 Å². The van der Waals surface area contributed by atoms with Gasteiger partial charge < -0.3 is 16.0 Å². The highest BCUT2D eigenvalue weighted by atomic mass is 32.2. The van der Waals surface area contributed by atoms with Gasteiger partial charge in [-0.25, -0.2) is 4.98 Å². The van der Waals surface area contributed by atoms with Gasteiger partial charge in [-0.2, -0.15) is 11.8 Å². The van der Waals surface area contributed by atoms with Crippen molar-refractivity contribution in [2.75, 3.05) is 37.2 Å². The summed E-state index contributed by atoms with van der Waals surface area (Å²) in [6.45, 7) is 2.08. The van der Waals surface area contributed by atoms with E-state index in [0.29, 0.717) is 15.8 Å². The van der Waals surface area contributed by atoms with Crippen LogP contribution in [0.1, 0.15) is 23.0 Å². The molecule has 18 heavy (non-hydrogen) atoms. The standard InChI is InChI=1S/C11H20N4OS2/c1-5-7(6-17-4)15(3)10(16)8-9(12)14-11(13-2)18-8/h7H,5-6,12H2,1-4H3,(H,13,14). The molecule has 0 bridgehead atoms. The van der Waals surface area contributed by atoms with Crippen LogP contribution in [-0.2, 0) is 0 Å². The molecule has 1 unspecified atom stereocenters. The maximum absolute atomic E-state index is 12.3. The number of hydrogen-bond donors (Lipinski definition) is 2. The average molecular weight is 288 g/mol.